The van der Waals surface area contributed by atoms with E-state index in [-0.39, 0.29) is 5.91 Å². The quantitative estimate of drug-likeness (QED) is 0.877. The molecule has 0 radical (unpaired) electrons. The minimum Gasteiger partial charge on any atom is -0.354 e. The number of aromatic amines is 1. The van der Waals surface area contributed by atoms with E-state index < -0.39 is 0 Å². The molecule has 1 N–H and O–H groups in total. The standard InChI is InChI=1S/C17H26N2O/c1-12-10-16(18-13(12)2)17(20)19-9-8-15(11-19)14-6-4-3-5-7-14/h10,14-15,18H,3-9,11H2,1-2H3. The fourth-order valence-electron chi connectivity index (χ4n) is 3.91. The van der Waals surface area contributed by atoms with Crippen LogP contribution in [0.25, 0.3) is 0 Å². The lowest BCUT2D eigenvalue weighted by molar-refractivity contribution is 0.0774. The van der Waals surface area contributed by atoms with Crippen LogP contribution in [0.3, 0.4) is 0 Å². The van der Waals surface area contributed by atoms with Crippen LogP contribution in [0.1, 0.15) is 60.3 Å². The molecular weight excluding hydrogens is 248 g/mol. The van der Waals surface area contributed by atoms with Crippen LogP contribution < -0.4 is 0 Å². The Morgan fingerprint density at radius 2 is 1.90 bits per heavy atom. The number of nitrogens with one attached hydrogen (secondary N) is 1. The molecule has 1 saturated heterocycles. The van der Waals surface area contributed by atoms with Crippen molar-refractivity contribution in [2.45, 2.75) is 52.4 Å². The minimum absolute atomic E-state index is 0.194. The highest BCUT2D eigenvalue weighted by molar-refractivity contribution is 5.93. The number of likely N-dealkylation sites (tertiary alicyclic amines) is 1. The van der Waals surface area contributed by atoms with Crippen LogP contribution in [0.4, 0.5) is 0 Å². The molecule has 1 aromatic rings. The SMILES string of the molecule is Cc1cc(C(=O)N2CCC(C3CCCCC3)C2)[nH]c1C. The van der Waals surface area contributed by atoms with Gasteiger partial charge in [-0.05, 0) is 43.7 Å². The van der Waals surface area contributed by atoms with Crippen LogP contribution in [-0.4, -0.2) is 28.9 Å². The summed E-state index contributed by atoms with van der Waals surface area (Å²) in [5, 5.41) is 0. The molecule has 1 aliphatic heterocycles. The maximum atomic E-state index is 12.5. The summed E-state index contributed by atoms with van der Waals surface area (Å²) in [6.07, 6.45) is 8.16. The summed E-state index contributed by atoms with van der Waals surface area (Å²) in [4.78, 5) is 17.8. The molecular formula is C17H26N2O. The molecule has 1 aliphatic carbocycles. The summed E-state index contributed by atoms with van der Waals surface area (Å²) in [6, 6.07) is 1.99. The average molecular weight is 274 g/mol. The van der Waals surface area contributed by atoms with Gasteiger partial charge in [-0.3, -0.25) is 4.79 Å². The van der Waals surface area contributed by atoms with Crippen LogP contribution in [-0.2, 0) is 0 Å². The van der Waals surface area contributed by atoms with Gasteiger partial charge in [0.05, 0.1) is 0 Å². The highest BCUT2D eigenvalue weighted by atomic mass is 16.2. The Morgan fingerprint density at radius 1 is 1.15 bits per heavy atom. The van der Waals surface area contributed by atoms with Gasteiger partial charge in [0.2, 0.25) is 0 Å². The second-order valence-electron chi connectivity index (χ2n) is 6.69. The lowest BCUT2D eigenvalue weighted by atomic mass is 9.80. The maximum Gasteiger partial charge on any atom is 0.270 e. The van der Waals surface area contributed by atoms with Crippen LogP contribution >= 0.6 is 0 Å². The predicted molar refractivity (Wildman–Crippen MR) is 80.9 cm³/mol. The van der Waals surface area contributed by atoms with Gasteiger partial charge in [-0.15, -0.1) is 0 Å². The predicted octanol–water partition coefficient (Wildman–Crippen LogP) is 3.67. The van der Waals surface area contributed by atoms with Gasteiger partial charge in [-0.1, -0.05) is 32.1 Å². The molecule has 1 atom stereocenters. The Kier molecular flexibility index (Phi) is 3.86. The molecule has 3 nitrogen and oxygen atoms in total. The van der Waals surface area contributed by atoms with E-state index in [0.29, 0.717) is 0 Å². The average Bonchev–Trinajstić information content (AvgIpc) is 3.07. The van der Waals surface area contributed by atoms with Gasteiger partial charge in [0.15, 0.2) is 0 Å². The van der Waals surface area contributed by atoms with Crippen LogP contribution in [0.15, 0.2) is 6.07 Å². The number of amides is 1. The van der Waals surface area contributed by atoms with Crippen molar-refractivity contribution in [3.63, 3.8) is 0 Å². The summed E-state index contributed by atoms with van der Waals surface area (Å²) in [5.41, 5.74) is 3.05. The van der Waals surface area contributed by atoms with Crippen molar-refractivity contribution in [2.75, 3.05) is 13.1 Å². The van der Waals surface area contributed by atoms with Crippen molar-refractivity contribution >= 4 is 5.91 Å². The smallest absolute Gasteiger partial charge is 0.270 e. The van der Waals surface area contributed by atoms with Crippen molar-refractivity contribution < 1.29 is 4.79 Å². The first-order valence-electron chi connectivity index (χ1n) is 8.10. The van der Waals surface area contributed by atoms with E-state index in [1.54, 1.807) is 0 Å². The first kappa shape index (κ1) is 13.7. The molecule has 0 aromatic carbocycles. The monoisotopic (exact) mass is 274 g/mol. The molecule has 3 rings (SSSR count). The largest absolute Gasteiger partial charge is 0.354 e. The van der Waals surface area contributed by atoms with Gasteiger partial charge in [-0.25, -0.2) is 0 Å². The number of hydrogen-bond donors (Lipinski definition) is 1. The highest BCUT2D eigenvalue weighted by Crippen LogP contribution is 2.35. The molecule has 1 aromatic heterocycles. The number of carbonyl (C=O) groups excluding carboxylic acids is 1. The fraction of sp³-hybridized carbons (Fsp3) is 0.706. The van der Waals surface area contributed by atoms with E-state index in [1.807, 2.05) is 13.0 Å². The van der Waals surface area contributed by atoms with Gasteiger partial charge in [0.25, 0.3) is 5.91 Å². The fourth-order valence-corrected chi connectivity index (χ4v) is 3.91. The number of aromatic nitrogens is 1. The summed E-state index contributed by atoms with van der Waals surface area (Å²) >= 11 is 0. The summed E-state index contributed by atoms with van der Waals surface area (Å²) in [5.74, 6) is 1.81. The Balaban J connectivity index is 1.63. The third-order valence-corrected chi connectivity index (χ3v) is 5.33. The van der Waals surface area contributed by atoms with E-state index >= 15 is 0 Å². The summed E-state index contributed by atoms with van der Waals surface area (Å²) in [6.45, 7) is 6.00. The molecule has 1 amide bonds. The lowest BCUT2D eigenvalue weighted by Crippen LogP contribution is -2.30. The molecule has 3 heteroatoms. The second-order valence-corrected chi connectivity index (χ2v) is 6.69. The molecule has 20 heavy (non-hydrogen) atoms. The van der Waals surface area contributed by atoms with E-state index in [0.717, 1.165) is 36.3 Å². The molecule has 110 valence electrons. The minimum atomic E-state index is 0.194. The van der Waals surface area contributed by atoms with Crippen molar-refractivity contribution in [2.24, 2.45) is 11.8 Å². The Hall–Kier alpha value is -1.25. The molecule has 0 bridgehead atoms. The van der Waals surface area contributed by atoms with Crippen molar-refractivity contribution in [1.82, 2.24) is 9.88 Å². The first-order chi connectivity index (χ1) is 9.65. The van der Waals surface area contributed by atoms with Gasteiger partial charge >= 0.3 is 0 Å². The Labute approximate surface area is 121 Å². The normalized spacial score (nSPS) is 24.3. The zero-order valence-electron chi connectivity index (χ0n) is 12.7. The van der Waals surface area contributed by atoms with E-state index in [9.17, 15) is 4.79 Å². The van der Waals surface area contributed by atoms with E-state index in [2.05, 4.69) is 16.8 Å². The van der Waals surface area contributed by atoms with E-state index in [1.165, 1.54) is 44.1 Å². The Morgan fingerprint density at radius 3 is 2.55 bits per heavy atom. The number of carbonyl (C=O) groups is 1. The number of nitrogens with zero attached hydrogens (tertiary/aromatic N) is 1. The van der Waals surface area contributed by atoms with Gasteiger partial charge in [0, 0.05) is 18.8 Å². The number of H-pyrrole nitrogens is 1. The third kappa shape index (κ3) is 2.63. The topological polar surface area (TPSA) is 36.1 Å². The highest BCUT2D eigenvalue weighted by Gasteiger charge is 2.33. The molecule has 2 heterocycles. The van der Waals surface area contributed by atoms with Crippen LogP contribution in [0.2, 0.25) is 0 Å². The zero-order chi connectivity index (χ0) is 14.1. The molecule has 0 spiro atoms. The van der Waals surface area contributed by atoms with Gasteiger partial charge < -0.3 is 9.88 Å². The van der Waals surface area contributed by atoms with Crippen molar-refractivity contribution in [3.05, 3.63) is 23.0 Å². The van der Waals surface area contributed by atoms with Crippen molar-refractivity contribution in [1.29, 1.82) is 0 Å². The maximum absolute atomic E-state index is 12.5. The van der Waals surface area contributed by atoms with Crippen LogP contribution in [0, 0.1) is 25.7 Å². The molecule has 1 unspecified atom stereocenters. The first-order valence-corrected chi connectivity index (χ1v) is 8.10. The van der Waals surface area contributed by atoms with Crippen LogP contribution in [0.5, 0.6) is 0 Å². The Bertz CT molecular complexity index is 466. The third-order valence-electron chi connectivity index (χ3n) is 5.33. The number of rotatable bonds is 2. The molecule has 1 saturated carbocycles. The summed E-state index contributed by atoms with van der Waals surface area (Å²) < 4.78 is 0. The molecule has 2 aliphatic rings. The second kappa shape index (κ2) is 5.63. The number of aryl methyl sites for hydroxylation is 2. The molecule has 2 fully saturated rings. The van der Waals surface area contributed by atoms with Gasteiger partial charge in [-0.2, -0.15) is 0 Å². The lowest BCUT2D eigenvalue weighted by Gasteiger charge is -2.27. The zero-order valence-corrected chi connectivity index (χ0v) is 12.7. The van der Waals surface area contributed by atoms with E-state index in [4.69, 9.17) is 0 Å². The van der Waals surface area contributed by atoms with Gasteiger partial charge in [0.1, 0.15) is 5.69 Å². The number of hydrogen-bond acceptors (Lipinski definition) is 1. The van der Waals surface area contributed by atoms with Crippen molar-refractivity contribution in [3.8, 4) is 0 Å². The summed E-state index contributed by atoms with van der Waals surface area (Å²) in [7, 11) is 0.